The minimum Gasteiger partial charge on any atom is -0.310 e. The highest BCUT2D eigenvalue weighted by atomic mass is 15.1. The lowest BCUT2D eigenvalue weighted by atomic mass is 9.95. The third kappa shape index (κ3) is 5.55. The number of anilines is 3. The molecule has 1 heteroatoms. The Balaban J connectivity index is 0.961. The Morgan fingerprint density at radius 1 is 0.220 bits per heavy atom. The van der Waals surface area contributed by atoms with Crippen molar-refractivity contribution in [3.05, 3.63) is 224 Å². The fourth-order valence-electron chi connectivity index (χ4n) is 9.52. The summed E-state index contributed by atoms with van der Waals surface area (Å²) in [6, 6.07) is 82.5. The maximum absolute atomic E-state index is 2.39. The Labute approximate surface area is 343 Å². The van der Waals surface area contributed by atoms with Gasteiger partial charge < -0.3 is 4.90 Å². The van der Waals surface area contributed by atoms with Crippen LogP contribution in [0.3, 0.4) is 0 Å². The highest BCUT2D eigenvalue weighted by molar-refractivity contribution is 6.16. The van der Waals surface area contributed by atoms with Gasteiger partial charge in [-0.3, -0.25) is 0 Å². The molecule has 0 bridgehead atoms. The fourth-order valence-corrected chi connectivity index (χ4v) is 9.52. The average molecular weight is 748 g/mol. The van der Waals surface area contributed by atoms with Crippen LogP contribution in [-0.2, 0) is 0 Å². The fraction of sp³-hybridized carbons (Fsp3) is 0. The molecule has 0 spiro atoms. The van der Waals surface area contributed by atoms with E-state index >= 15 is 0 Å². The molecule has 59 heavy (non-hydrogen) atoms. The van der Waals surface area contributed by atoms with Crippen LogP contribution in [0, 0.1) is 0 Å². The minimum atomic E-state index is 1.10. The first-order chi connectivity index (χ1) is 29.2. The summed E-state index contributed by atoms with van der Waals surface area (Å²) in [4.78, 5) is 2.39. The molecule has 1 aliphatic rings. The van der Waals surface area contributed by atoms with Crippen molar-refractivity contribution in [3.63, 3.8) is 0 Å². The standard InChI is InChI=1S/C58H37N/c1-3-16-50-39(10-1)12-8-20-52(50)41-26-31-48(32-27-41)59(49-15-7-13-42(36-49)43-28-33-53-44(34-43)23-22-40-11-2-4-17-51(40)53)47-29-24-38(25-30-47)46-35-45-14-9-21-56-54-18-5-6-19-55(54)57(37-46)58(45)56/h1-37H. The summed E-state index contributed by atoms with van der Waals surface area (Å²) in [6.07, 6.45) is 0. The van der Waals surface area contributed by atoms with E-state index in [4.69, 9.17) is 0 Å². The molecular weight excluding hydrogens is 711 g/mol. The molecule has 0 heterocycles. The number of benzene rings is 11. The van der Waals surface area contributed by atoms with E-state index < -0.39 is 0 Å². The molecular formula is C58H37N. The summed E-state index contributed by atoms with van der Waals surface area (Å²) < 4.78 is 0. The molecule has 0 saturated heterocycles. The van der Waals surface area contributed by atoms with Gasteiger partial charge in [-0.2, -0.15) is 0 Å². The van der Waals surface area contributed by atoms with Gasteiger partial charge in [-0.15, -0.1) is 0 Å². The lowest BCUT2D eigenvalue weighted by Crippen LogP contribution is -2.10. The number of hydrogen-bond donors (Lipinski definition) is 0. The SMILES string of the molecule is c1cc(-c2ccc3c(ccc4ccccc43)c2)cc(N(c2ccc(-c3cc4c5c(cccc5c3)-c3ccccc3-4)cc2)c2ccc(-c3cccc4ccccc34)cc2)c1. The van der Waals surface area contributed by atoms with Gasteiger partial charge in [-0.05, 0) is 153 Å². The van der Waals surface area contributed by atoms with Crippen LogP contribution in [-0.4, -0.2) is 0 Å². The highest BCUT2D eigenvalue weighted by Crippen LogP contribution is 2.49. The molecule has 1 aliphatic carbocycles. The largest absolute Gasteiger partial charge is 0.310 e. The third-order valence-electron chi connectivity index (χ3n) is 12.4. The van der Waals surface area contributed by atoms with E-state index in [9.17, 15) is 0 Å². The van der Waals surface area contributed by atoms with Crippen LogP contribution in [0.15, 0.2) is 224 Å². The van der Waals surface area contributed by atoms with Crippen molar-refractivity contribution in [1.82, 2.24) is 0 Å². The third-order valence-corrected chi connectivity index (χ3v) is 12.4. The van der Waals surface area contributed by atoms with Gasteiger partial charge in [-0.1, -0.05) is 170 Å². The lowest BCUT2D eigenvalue weighted by Gasteiger charge is -2.26. The molecule has 274 valence electrons. The van der Waals surface area contributed by atoms with Crippen molar-refractivity contribution in [1.29, 1.82) is 0 Å². The molecule has 0 atom stereocenters. The van der Waals surface area contributed by atoms with Gasteiger partial charge in [0.2, 0.25) is 0 Å². The Bertz CT molecular complexity index is 3420. The van der Waals surface area contributed by atoms with Crippen LogP contribution in [0.5, 0.6) is 0 Å². The van der Waals surface area contributed by atoms with Crippen LogP contribution in [0.2, 0.25) is 0 Å². The zero-order valence-corrected chi connectivity index (χ0v) is 32.3. The molecule has 0 radical (unpaired) electrons. The monoisotopic (exact) mass is 747 g/mol. The van der Waals surface area contributed by atoms with Crippen LogP contribution in [0.4, 0.5) is 17.1 Å². The first-order valence-corrected chi connectivity index (χ1v) is 20.4. The number of fused-ring (bicyclic) bond motifs is 7. The molecule has 0 fully saturated rings. The maximum atomic E-state index is 2.39. The van der Waals surface area contributed by atoms with E-state index in [-0.39, 0.29) is 0 Å². The van der Waals surface area contributed by atoms with Crippen molar-refractivity contribution >= 4 is 60.2 Å². The smallest absolute Gasteiger partial charge is 0.0467 e. The quantitative estimate of drug-likeness (QED) is 0.153. The second-order valence-corrected chi connectivity index (χ2v) is 15.7. The molecule has 0 unspecified atom stereocenters. The first-order valence-electron chi connectivity index (χ1n) is 20.4. The van der Waals surface area contributed by atoms with Crippen LogP contribution >= 0.6 is 0 Å². The molecule has 0 aromatic heterocycles. The van der Waals surface area contributed by atoms with Crippen molar-refractivity contribution in [3.8, 4) is 55.6 Å². The van der Waals surface area contributed by atoms with Gasteiger partial charge in [0, 0.05) is 17.1 Å². The highest BCUT2D eigenvalue weighted by Gasteiger charge is 2.22. The van der Waals surface area contributed by atoms with E-state index in [1.807, 2.05) is 0 Å². The summed E-state index contributed by atoms with van der Waals surface area (Å²) >= 11 is 0. The van der Waals surface area contributed by atoms with Crippen molar-refractivity contribution in [2.45, 2.75) is 0 Å². The van der Waals surface area contributed by atoms with Crippen LogP contribution in [0.25, 0.3) is 98.7 Å². The molecule has 12 rings (SSSR count). The van der Waals surface area contributed by atoms with Gasteiger partial charge in [0.05, 0.1) is 0 Å². The van der Waals surface area contributed by atoms with Gasteiger partial charge >= 0.3 is 0 Å². The zero-order chi connectivity index (χ0) is 38.9. The van der Waals surface area contributed by atoms with Gasteiger partial charge in [-0.25, -0.2) is 0 Å². The zero-order valence-electron chi connectivity index (χ0n) is 32.3. The lowest BCUT2D eigenvalue weighted by molar-refractivity contribution is 1.28. The molecule has 0 saturated carbocycles. The van der Waals surface area contributed by atoms with Gasteiger partial charge in [0.15, 0.2) is 0 Å². The second kappa shape index (κ2) is 13.4. The Morgan fingerprint density at radius 2 is 0.746 bits per heavy atom. The van der Waals surface area contributed by atoms with Crippen molar-refractivity contribution in [2.24, 2.45) is 0 Å². The molecule has 11 aromatic rings. The predicted octanol–water partition coefficient (Wildman–Crippen LogP) is 16.4. The van der Waals surface area contributed by atoms with E-state index in [0.29, 0.717) is 0 Å². The summed E-state index contributed by atoms with van der Waals surface area (Å²) in [5.41, 5.74) is 15.8. The number of nitrogens with zero attached hydrogens (tertiary/aromatic N) is 1. The van der Waals surface area contributed by atoms with Crippen LogP contribution < -0.4 is 4.90 Å². The Morgan fingerprint density at radius 3 is 1.54 bits per heavy atom. The molecule has 0 aliphatic heterocycles. The Hall–Kier alpha value is -7.74. The van der Waals surface area contributed by atoms with Crippen molar-refractivity contribution in [2.75, 3.05) is 4.90 Å². The summed E-state index contributed by atoms with van der Waals surface area (Å²) in [7, 11) is 0. The summed E-state index contributed by atoms with van der Waals surface area (Å²) in [6.45, 7) is 0. The normalized spacial score (nSPS) is 11.7. The van der Waals surface area contributed by atoms with E-state index in [1.54, 1.807) is 0 Å². The van der Waals surface area contributed by atoms with E-state index in [1.165, 1.54) is 98.7 Å². The Kier molecular flexibility index (Phi) is 7.61. The maximum Gasteiger partial charge on any atom is 0.0467 e. The van der Waals surface area contributed by atoms with Gasteiger partial charge in [0.25, 0.3) is 0 Å². The summed E-state index contributed by atoms with van der Waals surface area (Å²) in [5, 5.41) is 10.2. The minimum absolute atomic E-state index is 1.10. The molecule has 0 N–H and O–H groups in total. The van der Waals surface area contributed by atoms with Gasteiger partial charge in [0.1, 0.15) is 0 Å². The second-order valence-electron chi connectivity index (χ2n) is 15.7. The van der Waals surface area contributed by atoms with Crippen LogP contribution in [0.1, 0.15) is 0 Å². The predicted molar refractivity (Wildman–Crippen MR) is 252 cm³/mol. The van der Waals surface area contributed by atoms with Crippen molar-refractivity contribution < 1.29 is 0 Å². The average Bonchev–Trinajstić information content (AvgIpc) is 3.63. The van der Waals surface area contributed by atoms with E-state index in [2.05, 4.69) is 229 Å². The number of rotatable bonds is 6. The van der Waals surface area contributed by atoms with E-state index in [0.717, 1.165) is 17.1 Å². The topological polar surface area (TPSA) is 3.24 Å². The molecule has 11 aromatic carbocycles. The molecule has 0 amide bonds. The first kappa shape index (κ1) is 33.4. The summed E-state index contributed by atoms with van der Waals surface area (Å²) in [5.74, 6) is 0. The molecule has 1 nitrogen and oxygen atoms in total. The number of hydrogen-bond acceptors (Lipinski definition) is 1.